The van der Waals surface area contributed by atoms with Crippen molar-refractivity contribution in [3.63, 3.8) is 0 Å². The molecule has 1 aliphatic heterocycles. The third-order valence-electron chi connectivity index (χ3n) is 5.00. The Labute approximate surface area is 161 Å². The van der Waals surface area contributed by atoms with Crippen LogP contribution in [0.2, 0.25) is 0 Å². The van der Waals surface area contributed by atoms with E-state index in [0.29, 0.717) is 11.3 Å². The highest BCUT2D eigenvalue weighted by atomic mass is 32.2. The highest BCUT2D eigenvalue weighted by Gasteiger charge is 2.23. The Bertz CT molecular complexity index is 873. The molecule has 1 fully saturated rings. The summed E-state index contributed by atoms with van der Waals surface area (Å²) in [6.45, 7) is 1.47. The van der Waals surface area contributed by atoms with E-state index in [1.54, 1.807) is 42.5 Å². The maximum Gasteiger partial charge on any atom is 0.264 e. The lowest BCUT2D eigenvalue weighted by atomic mass is 10.1. The van der Waals surface area contributed by atoms with Crippen molar-refractivity contribution in [2.24, 2.45) is 0 Å². The molecule has 3 rings (SSSR count). The average Bonchev–Trinajstić information content (AvgIpc) is 2.67. The van der Waals surface area contributed by atoms with E-state index in [1.807, 2.05) is 11.0 Å². The lowest BCUT2D eigenvalue weighted by Gasteiger charge is -2.25. The zero-order chi connectivity index (χ0) is 19.3. The first-order valence-corrected chi connectivity index (χ1v) is 10.9. The number of hydrogen-bond donors (Lipinski definition) is 0. The Kier molecular flexibility index (Phi) is 6.16. The molecule has 1 heterocycles. The lowest BCUT2D eigenvalue weighted by molar-refractivity contribution is 0.0742. The van der Waals surface area contributed by atoms with Gasteiger partial charge in [0, 0.05) is 25.7 Å². The summed E-state index contributed by atoms with van der Waals surface area (Å²) in [6, 6.07) is 15.3. The van der Waals surface area contributed by atoms with Crippen LogP contribution in [0.25, 0.3) is 0 Å². The molecule has 1 amide bonds. The number of carbonyl (C=O) groups is 1. The summed E-state index contributed by atoms with van der Waals surface area (Å²) in [6.07, 6.45) is 5.50. The van der Waals surface area contributed by atoms with E-state index in [1.165, 1.54) is 23.8 Å². The van der Waals surface area contributed by atoms with Gasteiger partial charge < -0.3 is 4.90 Å². The van der Waals surface area contributed by atoms with Gasteiger partial charge in [-0.05, 0) is 43.2 Å². The minimum absolute atomic E-state index is 0.0867. The SMILES string of the molecule is CN(c1ccccc1)S(=O)(=O)c1cccc(C(=O)N2CCCCCCC2)c1. The first-order valence-electron chi connectivity index (χ1n) is 9.43. The fourth-order valence-electron chi connectivity index (χ4n) is 3.36. The molecule has 0 unspecified atom stereocenters. The maximum absolute atomic E-state index is 13.0. The fraction of sp³-hybridized carbons (Fsp3) is 0.381. The van der Waals surface area contributed by atoms with Crippen molar-refractivity contribution in [2.45, 2.75) is 37.0 Å². The molecule has 144 valence electrons. The van der Waals surface area contributed by atoms with E-state index in [-0.39, 0.29) is 10.8 Å². The third kappa shape index (κ3) is 4.50. The van der Waals surface area contributed by atoms with E-state index in [0.717, 1.165) is 38.8 Å². The normalized spacial score (nSPS) is 15.7. The van der Waals surface area contributed by atoms with Gasteiger partial charge in [-0.2, -0.15) is 0 Å². The van der Waals surface area contributed by atoms with Gasteiger partial charge >= 0.3 is 0 Å². The summed E-state index contributed by atoms with van der Waals surface area (Å²) in [5.74, 6) is -0.0867. The van der Waals surface area contributed by atoms with Gasteiger partial charge in [-0.15, -0.1) is 0 Å². The summed E-state index contributed by atoms with van der Waals surface area (Å²) in [5.41, 5.74) is 1.01. The molecule has 2 aromatic carbocycles. The van der Waals surface area contributed by atoms with Crippen molar-refractivity contribution in [1.29, 1.82) is 0 Å². The molecule has 0 aliphatic carbocycles. The summed E-state index contributed by atoms with van der Waals surface area (Å²) < 4.78 is 27.2. The number of amides is 1. The second-order valence-electron chi connectivity index (χ2n) is 6.90. The topological polar surface area (TPSA) is 57.7 Å². The number of rotatable bonds is 4. The molecule has 1 aliphatic rings. The molecule has 0 saturated carbocycles. The van der Waals surface area contributed by atoms with Crippen LogP contribution in [0.15, 0.2) is 59.5 Å². The number of sulfonamides is 1. The van der Waals surface area contributed by atoms with Crippen LogP contribution < -0.4 is 4.31 Å². The molecule has 1 saturated heterocycles. The van der Waals surface area contributed by atoms with Gasteiger partial charge in [0.2, 0.25) is 0 Å². The maximum atomic E-state index is 13.0. The summed E-state index contributed by atoms with van der Waals surface area (Å²) in [5, 5.41) is 0. The number of likely N-dealkylation sites (tertiary alicyclic amines) is 1. The van der Waals surface area contributed by atoms with Crippen molar-refractivity contribution >= 4 is 21.6 Å². The first-order chi connectivity index (χ1) is 13.0. The Morgan fingerprint density at radius 3 is 2.19 bits per heavy atom. The molecule has 6 heteroatoms. The van der Waals surface area contributed by atoms with Crippen LogP contribution in [0.3, 0.4) is 0 Å². The summed E-state index contributed by atoms with van der Waals surface area (Å²) in [4.78, 5) is 14.9. The molecule has 0 aromatic heterocycles. The van der Waals surface area contributed by atoms with Gasteiger partial charge in [0.1, 0.15) is 0 Å². The Balaban J connectivity index is 1.85. The molecule has 27 heavy (non-hydrogen) atoms. The number of nitrogens with zero attached hydrogens (tertiary/aromatic N) is 2. The van der Waals surface area contributed by atoms with E-state index >= 15 is 0 Å². The second kappa shape index (κ2) is 8.57. The zero-order valence-electron chi connectivity index (χ0n) is 15.7. The molecule has 0 spiro atoms. The van der Waals surface area contributed by atoms with Crippen molar-refractivity contribution < 1.29 is 13.2 Å². The molecule has 0 bridgehead atoms. The van der Waals surface area contributed by atoms with Gasteiger partial charge in [0.25, 0.3) is 15.9 Å². The van der Waals surface area contributed by atoms with Crippen molar-refractivity contribution in [2.75, 3.05) is 24.4 Å². The monoisotopic (exact) mass is 386 g/mol. The van der Waals surface area contributed by atoms with Crippen LogP contribution in [-0.4, -0.2) is 39.4 Å². The van der Waals surface area contributed by atoms with Gasteiger partial charge in [0.15, 0.2) is 0 Å². The standard InChI is InChI=1S/C21H26N2O3S/c1-22(19-12-6-5-7-13-19)27(25,26)20-14-10-11-18(17-20)21(24)23-15-8-3-2-4-9-16-23/h5-7,10-14,17H,2-4,8-9,15-16H2,1H3. The fourth-order valence-corrected chi connectivity index (χ4v) is 4.60. The molecule has 0 radical (unpaired) electrons. The largest absolute Gasteiger partial charge is 0.339 e. The number of hydrogen-bond acceptors (Lipinski definition) is 3. The molecular formula is C21H26N2O3S. The summed E-state index contributed by atoms with van der Waals surface area (Å²) >= 11 is 0. The van der Waals surface area contributed by atoms with Gasteiger partial charge in [0.05, 0.1) is 10.6 Å². The Morgan fingerprint density at radius 1 is 0.889 bits per heavy atom. The molecule has 0 atom stereocenters. The molecule has 0 N–H and O–H groups in total. The van der Waals surface area contributed by atoms with Gasteiger partial charge in [-0.3, -0.25) is 9.10 Å². The third-order valence-corrected chi connectivity index (χ3v) is 6.78. The predicted octanol–water partition coefficient (Wildman–Crippen LogP) is 3.92. The Morgan fingerprint density at radius 2 is 1.52 bits per heavy atom. The lowest BCUT2D eigenvalue weighted by Crippen LogP contribution is -2.34. The van der Waals surface area contributed by atoms with Gasteiger partial charge in [-0.25, -0.2) is 8.42 Å². The number of benzene rings is 2. The quantitative estimate of drug-likeness (QED) is 0.800. The number of anilines is 1. The minimum atomic E-state index is -3.73. The van der Waals surface area contributed by atoms with Crippen LogP contribution in [0.1, 0.15) is 42.5 Å². The van der Waals surface area contributed by atoms with Crippen LogP contribution in [0.5, 0.6) is 0 Å². The van der Waals surface area contributed by atoms with E-state index in [2.05, 4.69) is 0 Å². The van der Waals surface area contributed by atoms with Crippen LogP contribution in [0.4, 0.5) is 5.69 Å². The zero-order valence-corrected chi connectivity index (χ0v) is 16.5. The van der Waals surface area contributed by atoms with E-state index < -0.39 is 10.0 Å². The molecule has 5 nitrogen and oxygen atoms in total. The highest BCUT2D eigenvalue weighted by Crippen LogP contribution is 2.23. The highest BCUT2D eigenvalue weighted by molar-refractivity contribution is 7.92. The number of para-hydroxylation sites is 1. The minimum Gasteiger partial charge on any atom is -0.339 e. The van der Waals surface area contributed by atoms with Crippen molar-refractivity contribution in [1.82, 2.24) is 4.90 Å². The van der Waals surface area contributed by atoms with Crippen LogP contribution in [0, 0.1) is 0 Å². The Hall–Kier alpha value is -2.34. The van der Waals surface area contributed by atoms with E-state index in [9.17, 15) is 13.2 Å². The smallest absolute Gasteiger partial charge is 0.264 e. The predicted molar refractivity (Wildman–Crippen MR) is 107 cm³/mol. The molecular weight excluding hydrogens is 360 g/mol. The van der Waals surface area contributed by atoms with E-state index in [4.69, 9.17) is 0 Å². The van der Waals surface area contributed by atoms with Crippen molar-refractivity contribution in [3.8, 4) is 0 Å². The van der Waals surface area contributed by atoms with Crippen molar-refractivity contribution in [3.05, 3.63) is 60.2 Å². The molecule has 2 aromatic rings. The van der Waals surface area contributed by atoms with Crippen LogP contribution >= 0.6 is 0 Å². The average molecular weight is 387 g/mol. The first kappa shape index (κ1) is 19.4. The van der Waals surface area contributed by atoms with Crippen LogP contribution in [-0.2, 0) is 10.0 Å². The number of carbonyl (C=O) groups excluding carboxylic acids is 1. The summed E-state index contributed by atoms with van der Waals surface area (Å²) in [7, 11) is -2.20. The second-order valence-corrected chi connectivity index (χ2v) is 8.87. The van der Waals surface area contributed by atoms with Gasteiger partial charge in [-0.1, -0.05) is 43.5 Å².